The van der Waals surface area contributed by atoms with E-state index in [2.05, 4.69) is 0 Å². The zero-order chi connectivity index (χ0) is 11.3. The Morgan fingerprint density at radius 2 is 1.73 bits per heavy atom. The first-order valence-electron chi connectivity index (χ1n) is 4.84. The van der Waals surface area contributed by atoms with Crippen molar-refractivity contribution >= 4 is 0 Å². The number of hydrogen-bond donors (Lipinski definition) is 0. The Morgan fingerprint density at radius 3 is 2.20 bits per heavy atom. The van der Waals surface area contributed by atoms with Gasteiger partial charge in [0.25, 0.3) is 0 Å². The molecule has 0 amide bonds. The highest BCUT2D eigenvalue weighted by Gasteiger charge is 2.20. The van der Waals surface area contributed by atoms with Gasteiger partial charge in [-0.05, 0) is 24.5 Å². The van der Waals surface area contributed by atoms with E-state index in [0.29, 0.717) is 12.8 Å². The van der Waals surface area contributed by atoms with Crippen LogP contribution >= 0.6 is 0 Å². The molecule has 0 fully saturated rings. The summed E-state index contributed by atoms with van der Waals surface area (Å²) >= 11 is 0. The van der Waals surface area contributed by atoms with Gasteiger partial charge in [-0.2, -0.15) is 5.26 Å². The summed E-state index contributed by atoms with van der Waals surface area (Å²) in [6, 6.07) is 9.27. The van der Waals surface area contributed by atoms with Gasteiger partial charge in [0.2, 0.25) is 5.92 Å². The van der Waals surface area contributed by atoms with Gasteiger partial charge in [-0.25, -0.2) is 8.78 Å². The van der Waals surface area contributed by atoms with Crippen molar-refractivity contribution in [1.29, 1.82) is 5.26 Å². The Morgan fingerprint density at radius 1 is 1.20 bits per heavy atom. The van der Waals surface area contributed by atoms with Crippen LogP contribution in [0.2, 0.25) is 0 Å². The second kappa shape index (κ2) is 4.88. The average molecular weight is 209 g/mol. The van der Waals surface area contributed by atoms with Crippen molar-refractivity contribution in [2.75, 3.05) is 0 Å². The van der Waals surface area contributed by atoms with Crippen LogP contribution in [0.3, 0.4) is 0 Å². The van der Waals surface area contributed by atoms with Crippen LogP contribution in [0, 0.1) is 11.3 Å². The monoisotopic (exact) mass is 209 g/mol. The summed E-state index contributed by atoms with van der Waals surface area (Å²) in [5.41, 5.74) is 1.81. The summed E-state index contributed by atoms with van der Waals surface area (Å²) in [4.78, 5) is 0. The molecule has 1 rings (SSSR count). The van der Waals surface area contributed by atoms with E-state index in [1.807, 2.05) is 18.2 Å². The molecular formula is C12H13F2N. The van der Waals surface area contributed by atoms with Crippen LogP contribution in [0.4, 0.5) is 8.78 Å². The number of halogens is 2. The molecule has 0 spiro atoms. The molecule has 15 heavy (non-hydrogen) atoms. The lowest BCUT2D eigenvalue weighted by Crippen LogP contribution is -2.10. The van der Waals surface area contributed by atoms with Crippen LogP contribution in [-0.4, -0.2) is 5.92 Å². The van der Waals surface area contributed by atoms with Crippen LogP contribution in [0.25, 0.3) is 0 Å². The maximum Gasteiger partial charge on any atom is 0.245 e. The minimum Gasteiger partial charge on any atom is -0.207 e. The average Bonchev–Trinajstić information content (AvgIpc) is 2.16. The molecule has 3 heteroatoms. The number of nitriles is 1. The zero-order valence-corrected chi connectivity index (χ0v) is 8.63. The topological polar surface area (TPSA) is 23.8 Å². The second-order valence-corrected chi connectivity index (χ2v) is 3.72. The van der Waals surface area contributed by atoms with Crippen molar-refractivity contribution in [2.24, 2.45) is 0 Å². The lowest BCUT2D eigenvalue weighted by molar-refractivity contribution is 0.0133. The van der Waals surface area contributed by atoms with Gasteiger partial charge >= 0.3 is 0 Å². The molecule has 0 heterocycles. The maximum absolute atomic E-state index is 12.6. The molecular weight excluding hydrogens is 196 g/mol. The van der Waals surface area contributed by atoms with Gasteiger partial charge < -0.3 is 0 Å². The Bertz CT molecular complexity index is 343. The van der Waals surface area contributed by atoms with E-state index in [9.17, 15) is 8.78 Å². The van der Waals surface area contributed by atoms with Crippen LogP contribution < -0.4 is 0 Å². The highest BCUT2D eigenvalue weighted by molar-refractivity contribution is 5.24. The molecule has 1 aromatic rings. The first-order valence-corrected chi connectivity index (χ1v) is 4.84. The predicted octanol–water partition coefficient (Wildman–Crippen LogP) is 3.34. The molecule has 0 aliphatic carbocycles. The summed E-state index contributed by atoms with van der Waals surface area (Å²) in [5, 5.41) is 8.45. The zero-order valence-electron chi connectivity index (χ0n) is 8.63. The SMILES string of the molecule is CC(F)(F)CCc1ccc(CC#N)cc1. The van der Waals surface area contributed by atoms with Crippen molar-refractivity contribution in [3.8, 4) is 6.07 Å². The van der Waals surface area contributed by atoms with Crippen LogP contribution in [0.15, 0.2) is 24.3 Å². The van der Waals surface area contributed by atoms with Crippen molar-refractivity contribution in [2.45, 2.75) is 32.1 Å². The van der Waals surface area contributed by atoms with E-state index in [1.54, 1.807) is 12.1 Å². The summed E-state index contributed by atoms with van der Waals surface area (Å²) in [6.07, 6.45) is 0.602. The highest BCUT2D eigenvalue weighted by Crippen LogP contribution is 2.19. The van der Waals surface area contributed by atoms with Crippen LogP contribution in [-0.2, 0) is 12.8 Å². The van der Waals surface area contributed by atoms with Crippen molar-refractivity contribution in [3.63, 3.8) is 0 Å². The van der Waals surface area contributed by atoms with Gasteiger partial charge in [0.15, 0.2) is 0 Å². The molecule has 0 aliphatic rings. The smallest absolute Gasteiger partial charge is 0.207 e. The number of rotatable bonds is 4. The number of nitrogens with zero attached hydrogens (tertiary/aromatic N) is 1. The second-order valence-electron chi connectivity index (χ2n) is 3.72. The third-order valence-corrected chi connectivity index (χ3v) is 2.16. The van der Waals surface area contributed by atoms with Crippen LogP contribution in [0.1, 0.15) is 24.5 Å². The van der Waals surface area contributed by atoms with Gasteiger partial charge in [0.05, 0.1) is 12.5 Å². The fraction of sp³-hybridized carbons (Fsp3) is 0.417. The van der Waals surface area contributed by atoms with Crippen LogP contribution in [0.5, 0.6) is 0 Å². The summed E-state index contributed by atoms with van der Waals surface area (Å²) in [5.74, 6) is -2.61. The molecule has 0 saturated heterocycles. The summed E-state index contributed by atoms with van der Waals surface area (Å²) in [6.45, 7) is 0.928. The van der Waals surface area contributed by atoms with E-state index in [4.69, 9.17) is 5.26 Å². The van der Waals surface area contributed by atoms with Gasteiger partial charge in [-0.15, -0.1) is 0 Å². The van der Waals surface area contributed by atoms with Gasteiger partial charge in [-0.1, -0.05) is 24.3 Å². The Kier molecular flexibility index (Phi) is 3.79. The van der Waals surface area contributed by atoms with E-state index < -0.39 is 5.92 Å². The van der Waals surface area contributed by atoms with E-state index in [-0.39, 0.29) is 6.42 Å². The first-order chi connectivity index (χ1) is 7.01. The summed E-state index contributed by atoms with van der Waals surface area (Å²) in [7, 11) is 0. The molecule has 1 aromatic carbocycles. The lowest BCUT2D eigenvalue weighted by atomic mass is 10.0. The van der Waals surface area contributed by atoms with E-state index >= 15 is 0 Å². The molecule has 0 bridgehead atoms. The maximum atomic E-state index is 12.6. The largest absolute Gasteiger partial charge is 0.245 e. The van der Waals surface area contributed by atoms with Crippen molar-refractivity contribution < 1.29 is 8.78 Å². The molecule has 1 nitrogen and oxygen atoms in total. The number of alkyl halides is 2. The predicted molar refractivity (Wildman–Crippen MR) is 54.7 cm³/mol. The molecule has 0 radical (unpaired) electrons. The lowest BCUT2D eigenvalue weighted by Gasteiger charge is -2.09. The van der Waals surface area contributed by atoms with Gasteiger partial charge in [0.1, 0.15) is 0 Å². The fourth-order valence-electron chi connectivity index (χ4n) is 1.28. The molecule has 0 N–H and O–H groups in total. The molecule has 80 valence electrons. The third-order valence-electron chi connectivity index (χ3n) is 2.16. The minimum absolute atomic E-state index is 0.134. The van der Waals surface area contributed by atoms with E-state index in [1.165, 1.54) is 0 Å². The normalized spacial score (nSPS) is 11.1. The Balaban J connectivity index is 2.54. The number of aryl methyl sites for hydroxylation is 1. The first kappa shape index (κ1) is 11.6. The van der Waals surface area contributed by atoms with Gasteiger partial charge in [-0.3, -0.25) is 0 Å². The van der Waals surface area contributed by atoms with Crippen molar-refractivity contribution in [1.82, 2.24) is 0 Å². The highest BCUT2D eigenvalue weighted by atomic mass is 19.3. The fourth-order valence-corrected chi connectivity index (χ4v) is 1.28. The minimum atomic E-state index is -2.61. The summed E-state index contributed by atoms with van der Waals surface area (Å²) < 4.78 is 25.1. The molecule has 0 atom stereocenters. The standard InChI is InChI=1S/C12H13F2N/c1-12(13,14)8-6-10-2-4-11(5-3-10)7-9-15/h2-5H,6-8H2,1H3. The molecule has 0 unspecified atom stereocenters. The molecule has 0 aromatic heterocycles. The molecule has 0 aliphatic heterocycles. The van der Waals surface area contributed by atoms with E-state index in [0.717, 1.165) is 18.1 Å². The number of benzene rings is 1. The number of hydrogen-bond acceptors (Lipinski definition) is 1. The van der Waals surface area contributed by atoms with Gasteiger partial charge in [0, 0.05) is 6.42 Å². The van der Waals surface area contributed by atoms with Crippen molar-refractivity contribution in [3.05, 3.63) is 35.4 Å². The quantitative estimate of drug-likeness (QED) is 0.746. The third kappa shape index (κ3) is 4.55. The molecule has 0 saturated carbocycles. The Hall–Kier alpha value is -1.43. The Labute approximate surface area is 88.3 Å².